The van der Waals surface area contributed by atoms with E-state index >= 15 is 0 Å². The van der Waals surface area contributed by atoms with Crippen LogP contribution in [0.3, 0.4) is 0 Å². The van der Waals surface area contributed by atoms with Crippen molar-refractivity contribution in [3.8, 4) is 0 Å². The summed E-state index contributed by atoms with van der Waals surface area (Å²) in [6.07, 6.45) is 3.76. The van der Waals surface area contributed by atoms with Gasteiger partial charge in [-0.3, -0.25) is 9.58 Å². The predicted molar refractivity (Wildman–Crippen MR) is 71.3 cm³/mol. The van der Waals surface area contributed by atoms with Gasteiger partial charge in [0.2, 0.25) is 10.0 Å². The molecule has 6 nitrogen and oxygen atoms in total. The summed E-state index contributed by atoms with van der Waals surface area (Å²) < 4.78 is 28.6. The van der Waals surface area contributed by atoms with E-state index in [1.165, 1.54) is 12.6 Å². The Kier molecular flexibility index (Phi) is 3.15. The van der Waals surface area contributed by atoms with Gasteiger partial charge >= 0.3 is 0 Å². The molecule has 0 amide bonds. The predicted octanol–water partition coefficient (Wildman–Crippen LogP) is 0.197. The van der Waals surface area contributed by atoms with Crippen LogP contribution in [0.2, 0.25) is 0 Å². The fourth-order valence-electron chi connectivity index (χ4n) is 3.05. The first-order chi connectivity index (χ1) is 9.00. The van der Waals surface area contributed by atoms with Crippen LogP contribution < -0.4 is 0 Å². The lowest BCUT2D eigenvalue weighted by Crippen LogP contribution is -2.51. The number of nitrogens with zero attached hydrogens (tertiary/aromatic N) is 4. The van der Waals surface area contributed by atoms with Crippen molar-refractivity contribution in [1.82, 2.24) is 19.0 Å². The van der Waals surface area contributed by atoms with E-state index in [1.54, 1.807) is 23.0 Å². The molecule has 106 valence electrons. The zero-order valence-electron chi connectivity index (χ0n) is 11.4. The molecule has 0 bridgehead atoms. The van der Waals surface area contributed by atoms with Gasteiger partial charge in [0, 0.05) is 32.7 Å². The Morgan fingerprint density at radius 1 is 1.32 bits per heavy atom. The zero-order chi connectivity index (χ0) is 13.6. The first-order valence-electron chi connectivity index (χ1n) is 6.73. The van der Waals surface area contributed by atoms with Crippen LogP contribution in [-0.4, -0.2) is 59.6 Å². The Hall–Kier alpha value is -0.920. The third-order valence-electron chi connectivity index (χ3n) is 4.36. The average molecular weight is 284 g/mol. The molecule has 3 rings (SSSR count). The third-order valence-corrected chi connectivity index (χ3v) is 6.33. The Bertz CT molecular complexity index is 581. The van der Waals surface area contributed by atoms with Crippen LogP contribution in [0.1, 0.15) is 18.5 Å². The van der Waals surface area contributed by atoms with Gasteiger partial charge in [0.15, 0.2) is 0 Å². The van der Waals surface area contributed by atoms with E-state index in [0.29, 0.717) is 29.7 Å². The molecule has 0 spiro atoms. The fraction of sp³-hybridized carbons (Fsp3) is 0.750. The second-order valence-electron chi connectivity index (χ2n) is 5.41. The highest BCUT2D eigenvalue weighted by Gasteiger charge is 2.37. The molecular weight excluding hydrogens is 264 g/mol. The van der Waals surface area contributed by atoms with Crippen molar-refractivity contribution in [2.24, 2.45) is 7.05 Å². The van der Waals surface area contributed by atoms with Crippen molar-refractivity contribution >= 4 is 10.0 Å². The van der Waals surface area contributed by atoms with Crippen molar-refractivity contribution in [3.63, 3.8) is 0 Å². The Labute approximate surface area is 114 Å². The van der Waals surface area contributed by atoms with Gasteiger partial charge in [-0.1, -0.05) is 0 Å². The quantitative estimate of drug-likeness (QED) is 0.778. The average Bonchev–Trinajstić information content (AvgIpc) is 2.96. The summed E-state index contributed by atoms with van der Waals surface area (Å²) in [5.41, 5.74) is 0.703. The molecule has 2 aliphatic heterocycles. The number of aryl methyl sites for hydroxylation is 1. The lowest BCUT2D eigenvalue weighted by atomic mass is 10.2. The number of hydrogen-bond donors (Lipinski definition) is 0. The Morgan fingerprint density at radius 2 is 2.11 bits per heavy atom. The lowest BCUT2D eigenvalue weighted by Gasteiger charge is -2.36. The van der Waals surface area contributed by atoms with Gasteiger partial charge in [-0.05, 0) is 26.3 Å². The van der Waals surface area contributed by atoms with Crippen molar-refractivity contribution in [2.45, 2.75) is 30.7 Å². The van der Waals surface area contributed by atoms with Gasteiger partial charge in [0.05, 0.1) is 11.9 Å². The van der Waals surface area contributed by atoms with Gasteiger partial charge in [-0.15, -0.1) is 0 Å². The third kappa shape index (κ3) is 2.09. The minimum absolute atomic E-state index is 0.349. The summed E-state index contributed by atoms with van der Waals surface area (Å²) >= 11 is 0. The summed E-state index contributed by atoms with van der Waals surface area (Å²) in [5.74, 6) is 0. The summed E-state index contributed by atoms with van der Waals surface area (Å²) in [6.45, 7) is 4.98. The maximum Gasteiger partial charge on any atom is 0.246 e. The molecule has 0 N–H and O–H groups in total. The molecule has 0 aromatic carbocycles. The Balaban J connectivity index is 1.87. The lowest BCUT2D eigenvalue weighted by molar-refractivity contribution is 0.158. The van der Waals surface area contributed by atoms with Crippen LogP contribution in [0.5, 0.6) is 0 Å². The molecule has 1 aromatic heterocycles. The van der Waals surface area contributed by atoms with Crippen LogP contribution in [0.25, 0.3) is 0 Å². The highest BCUT2D eigenvalue weighted by Crippen LogP contribution is 2.26. The minimum Gasteiger partial charge on any atom is -0.298 e. The summed E-state index contributed by atoms with van der Waals surface area (Å²) in [6, 6.07) is 0.403. The molecule has 2 aliphatic rings. The van der Waals surface area contributed by atoms with E-state index in [2.05, 4.69) is 10.00 Å². The standard InChI is InChI=1S/C12H20N4O2S/c1-10-12(8-13-14(10)2)19(17,18)16-7-6-15-5-3-4-11(15)9-16/h8,11H,3-7,9H2,1-2H3. The molecule has 0 aliphatic carbocycles. The van der Waals surface area contributed by atoms with Crippen molar-refractivity contribution in [2.75, 3.05) is 26.2 Å². The van der Waals surface area contributed by atoms with E-state index in [4.69, 9.17) is 0 Å². The SMILES string of the molecule is Cc1c(S(=O)(=O)N2CCN3CCCC3C2)cnn1C. The molecule has 3 heterocycles. The molecule has 19 heavy (non-hydrogen) atoms. The maximum atomic E-state index is 12.7. The second kappa shape index (κ2) is 4.57. The highest BCUT2D eigenvalue weighted by atomic mass is 32.2. The number of sulfonamides is 1. The number of hydrogen-bond acceptors (Lipinski definition) is 4. The van der Waals surface area contributed by atoms with Gasteiger partial charge in [-0.2, -0.15) is 9.40 Å². The van der Waals surface area contributed by atoms with Gasteiger partial charge in [0.1, 0.15) is 4.90 Å². The number of fused-ring (bicyclic) bond motifs is 1. The molecular formula is C12H20N4O2S. The molecule has 0 radical (unpaired) electrons. The van der Waals surface area contributed by atoms with Crippen molar-refractivity contribution in [1.29, 1.82) is 0 Å². The van der Waals surface area contributed by atoms with E-state index in [1.807, 2.05) is 0 Å². The van der Waals surface area contributed by atoms with Crippen LogP contribution in [-0.2, 0) is 17.1 Å². The number of piperazine rings is 1. The molecule has 1 aromatic rings. The number of rotatable bonds is 2. The van der Waals surface area contributed by atoms with Crippen molar-refractivity contribution < 1.29 is 8.42 Å². The topological polar surface area (TPSA) is 58.4 Å². The monoisotopic (exact) mass is 284 g/mol. The minimum atomic E-state index is -3.39. The van der Waals surface area contributed by atoms with E-state index in [9.17, 15) is 8.42 Å². The maximum absolute atomic E-state index is 12.7. The first-order valence-corrected chi connectivity index (χ1v) is 8.17. The number of aromatic nitrogens is 2. The summed E-state index contributed by atoms with van der Waals surface area (Å²) in [5, 5.41) is 4.04. The Morgan fingerprint density at radius 3 is 2.79 bits per heavy atom. The summed E-state index contributed by atoms with van der Waals surface area (Å²) in [7, 11) is -1.62. The molecule has 7 heteroatoms. The van der Waals surface area contributed by atoms with Gasteiger partial charge in [-0.25, -0.2) is 8.42 Å². The molecule has 2 fully saturated rings. The molecule has 1 unspecified atom stereocenters. The van der Waals surface area contributed by atoms with E-state index in [-0.39, 0.29) is 0 Å². The van der Waals surface area contributed by atoms with Gasteiger partial charge in [0.25, 0.3) is 0 Å². The molecule has 1 atom stereocenters. The van der Waals surface area contributed by atoms with E-state index < -0.39 is 10.0 Å². The molecule has 0 saturated carbocycles. The molecule has 2 saturated heterocycles. The van der Waals surface area contributed by atoms with Crippen molar-refractivity contribution in [3.05, 3.63) is 11.9 Å². The van der Waals surface area contributed by atoms with Gasteiger partial charge < -0.3 is 0 Å². The van der Waals surface area contributed by atoms with Crippen LogP contribution in [0.4, 0.5) is 0 Å². The zero-order valence-corrected chi connectivity index (χ0v) is 12.2. The first kappa shape index (κ1) is 13.1. The second-order valence-corrected chi connectivity index (χ2v) is 7.32. The summed E-state index contributed by atoms with van der Waals surface area (Å²) in [4.78, 5) is 2.75. The highest BCUT2D eigenvalue weighted by molar-refractivity contribution is 7.89. The van der Waals surface area contributed by atoms with Crippen LogP contribution in [0, 0.1) is 6.92 Å². The normalized spacial score (nSPS) is 25.7. The van der Waals surface area contributed by atoms with Crippen LogP contribution in [0.15, 0.2) is 11.1 Å². The fourth-order valence-corrected chi connectivity index (χ4v) is 4.71. The largest absolute Gasteiger partial charge is 0.298 e. The van der Waals surface area contributed by atoms with Crippen LogP contribution >= 0.6 is 0 Å². The smallest absolute Gasteiger partial charge is 0.246 e. The van der Waals surface area contributed by atoms with E-state index in [0.717, 1.165) is 19.5 Å².